The van der Waals surface area contributed by atoms with Crippen molar-refractivity contribution in [3.63, 3.8) is 0 Å². The van der Waals surface area contributed by atoms with E-state index in [4.69, 9.17) is 23.7 Å². The number of carbonyl (C=O) groups excluding carboxylic acids is 5. The van der Waals surface area contributed by atoms with Gasteiger partial charge in [0, 0.05) is 109 Å². The number of aliphatic hydroxyl groups is 4. The van der Waals surface area contributed by atoms with Gasteiger partial charge >= 0.3 is 29.8 Å². The molecule has 0 amide bonds. The average molecular weight is 1180 g/mol. The van der Waals surface area contributed by atoms with Gasteiger partial charge < -0.3 is 44.1 Å². The van der Waals surface area contributed by atoms with Crippen LogP contribution in [0.15, 0.2) is 0 Å². The fraction of sp³-hybridized carbons (Fsp3) is 0.917. The quantitative estimate of drug-likeness (QED) is 0.0193. The molecule has 18 nitrogen and oxygen atoms in total. The normalized spacial score (nSPS) is 14.7. The molecule has 1 saturated heterocycles. The summed E-state index contributed by atoms with van der Waals surface area (Å²) >= 11 is 0. The Kier molecular flexibility index (Phi) is 50.6. The van der Waals surface area contributed by atoms with Crippen LogP contribution in [0.1, 0.15) is 207 Å². The molecule has 4 atom stereocenters. The zero-order chi connectivity index (χ0) is 58.7. The lowest BCUT2D eigenvalue weighted by Crippen LogP contribution is -2.47. The fourth-order valence-corrected chi connectivity index (χ4v) is 11.2. The Labute approximate surface area is 492 Å². The second-order valence-corrected chi connectivity index (χ2v) is 24.5. The minimum Gasteiger partial charge on any atom is -0.466 e. The monoisotopic (exact) mass is 1180 g/mol. The zero-order valence-corrected chi connectivity index (χ0v) is 52.2. The minimum atomic E-state index is -0.617. The number of esters is 5. The smallest absolute Gasteiger partial charge is 0.305 e. The van der Waals surface area contributed by atoms with Gasteiger partial charge in [-0.15, -0.1) is 0 Å². The molecule has 0 aromatic rings. The van der Waals surface area contributed by atoms with E-state index in [2.05, 4.69) is 33.4 Å². The Morgan fingerprint density at radius 3 is 1.00 bits per heavy atom. The lowest BCUT2D eigenvalue weighted by atomic mass is 10.1. The molecule has 4 unspecified atom stereocenters. The molecular formula is C60H114N4O14S2. The van der Waals surface area contributed by atoms with Crippen molar-refractivity contribution in [3.05, 3.63) is 0 Å². The number of hydrogen-bond acceptors (Lipinski definition) is 20. The molecule has 1 aliphatic rings. The van der Waals surface area contributed by atoms with E-state index in [1.54, 1.807) is 0 Å². The number of carbonyl (C=O) groups is 5. The predicted molar refractivity (Wildman–Crippen MR) is 321 cm³/mol. The first-order chi connectivity index (χ1) is 38.8. The van der Waals surface area contributed by atoms with Crippen molar-refractivity contribution in [2.45, 2.75) is 232 Å². The van der Waals surface area contributed by atoms with Crippen molar-refractivity contribution in [1.29, 1.82) is 0 Å². The van der Waals surface area contributed by atoms with Crippen molar-refractivity contribution in [1.82, 2.24) is 19.6 Å². The maximum Gasteiger partial charge on any atom is 0.305 e. The summed E-state index contributed by atoms with van der Waals surface area (Å²) in [4.78, 5) is 69.7. The van der Waals surface area contributed by atoms with Gasteiger partial charge in [0.05, 0.1) is 50.8 Å². The van der Waals surface area contributed by atoms with E-state index in [-0.39, 0.29) is 29.8 Å². The Morgan fingerprint density at radius 2 is 0.662 bits per heavy atom. The van der Waals surface area contributed by atoms with Crippen molar-refractivity contribution >= 4 is 51.4 Å². The van der Waals surface area contributed by atoms with Crippen LogP contribution < -0.4 is 0 Å². The highest BCUT2D eigenvalue weighted by atomic mass is 33.1. The van der Waals surface area contributed by atoms with E-state index in [1.165, 1.54) is 0 Å². The summed E-state index contributed by atoms with van der Waals surface area (Å²) < 4.78 is 26.6. The van der Waals surface area contributed by atoms with Crippen LogP contribution in [0.3, 0.4) is 0 Å². The third-order valence-corrected chi connectivity index (χ3v) is 16.6. The molecule has 1 heterocycles. The third-order valence-electron chi connectivity index (χ3n) is 14.1. The highest BCUT2D eigenvalue weighted by Gasteiger charge is 2.21. The second kappa shape index (κ2) is 53.5. The molecule has 1 aliphatic heterocycles. The van der Waals surface area contributed by atoms with Crippen LogP contribution in [0.2, 0.25) is 0 Å². The summed E-state index contributed by atoms with van der Waals surface area (Å²) in [5.74, 6) is 0.985. The number of ether oxygens (including phenoxy) is 5. The Morgan fingerprint density at radius 1 is 0.375 bits per heavy atom. The van der Waals surface area contributed by atoms with Crippen molar-refractivity contribution in [2.75, 3.05) is 123 Å². The molecule has 0 aliphatic carbocycles. The van der Waals surface area contributed by atoms with Crippen LogP contribution in [0, 0.1) is 0 Å². The molecule has 470 valence electrons. The largest absolute Gasteiger partial charge is 0.466 e. The molecule has 1 fully saturated rings. The van der Waals surface area contributed by atoms with E-state index in [0.717, 1.165) is 121 Å². The molecule has 0 radical (unpaired) electrons. The van der Waals surface area contributed by atoms with Crippen LogP contribution >= 0.6 is 21.6 Å². The maximum absolute atomic E-state index is 12.7. The van der Waals surface area contributed by atoms with E-state index in [0.29, 0.717) is 181 Å². The van der Waals surface area contributed by atoms with E-state index in [9.17, 15) is 44.4 Å². The van der Waals surface area contributed by atoms with Gasteiger partial charge in [-0.1, -0.05) is 101 Å². The van der Waals surface area contributed by atoms with Gasteiger partial charge in [-0.25, -0.2) is 0 Å². The Bertz CT molecular complexity index is 1440. The SMILES string of the molecule is CCCCOC(=O)CCCCC(O)CN(CCCCC(=O)OCCN1CCN(CCSSCCCN(CC(O)CCCCC(=O)OCCCC)CC(O)CCCCC(=O)OCCCC)CC1)CC(O)CCCCC(=O)OCCCC. The molecule has 0 aromatic heterocycles. The van der Waals surface area contributed by atoms with Gasteiger partial charge in [0.15, 0.2) is 0 Å². The van der Waals surface area contributed by atoms with Crippen molar-refractivity contribution in [2.24, 2.45) is 0 Å². The standard InChI is InChI=1S/C60H114N4O14S2/c1-5-9-41-74-56(69)28-17-13-24-52(65)48-63(49-53(66)25-14-18-29-57(70)75-42-10-6-2)33-22-21-32-60(73)78-45-39-61-35-37-62(38-36-61)40-47-80-79-46-23-34-64(50-54(67)26-15-19-30-58(71)76-43-11-7-3)51-55(68)27-16-20-31-59(72)77-44-12-8-4/h52-55,65-68H,5-51H2,1-4H3. The summed E-state index contributed by atoms with van der Waals surface area (Å²) in [7, 11) is 3.73. The lowest BCUT2D eigenvalue weighted by molar-refractivity contribution is -0.145. The van der Waals surface area contributed by atoms with Crippen LogP contribution in [0.5, 0.6) is 0 Å². The van der Waals surface area contributed by atoms with Crippen LogP contribution in [-0.2, 0) is 47.7 Å². The lowest BCUT2D eigenvalue weighted by Gasteiger charge is -2.34. The second-order valence-electron chi connectivity index (χ2n) is 21.8. The van der Waals surface area contributed by atoms with Crippen LogP contribution in [0.4, 0.5) is 0 Å². The number of unbranched alkanes of at least 4 members (excludes halogenated alkanes) is 9. The molecular weight excluding hydrogens is 1060 g/mol. The van der Waals surface area contributed by atoms with Gasteiger partial charge in [-0.3, -0.25) is 43.6 Å². The van der Waals surface area contributed by atoms with Crippen molar-refractivity contribution in [3.8, 4) is 0 Å². The summed E-state index contributed by atoms with van der Waals surface area (Å²) in [6.07, 6.45) is 16.7. The van der Waals surface area contributed by atoms with Gasteiger partial charge in [-0.2, -0.15) is 0 Å². The van der Waals surface area contributed by atoms with Crippen LogP contribution in [-0.4, -0.2) is 217 Å². The van der Waals surface area contributed by atoms with Crippen molar-refractivity contribution < 1.29 is 68.1 Å². The summed E-state index contributed by atoms with van der Waals surface area (Å²) in [6.45, 7) is 18.9. The Hall–Kier alpha value is -2.27. The number of hydrogen-bond donors (Lipinski definition) is 4. The van der Waals surface area contributed by atoms with Gasteiger partial charge in [0.1, 0.15) is 6.61 Å². The maximum atomic E-state index is 12.7. The summed E-state index contributed by atoms with van der Waals surface area (Å²) in [5, 5.41) is 43.7. The highest BCUT2D eigenvalue weighted by Crippen LogP contribution is 2.23. The Balaban J connectivity index is 2.41. The summed E-state index contributed by atoms with van der Waals surface area (Å²) in [5.41, 5.74) is 0. The molecule has 20 heteroatoms. The van der Waals surface area contributed by atoms with E-state index >= 15 is 0 Å². The number of nitrogens with zero attached hydrogens (tertiary/aromatic N) is 4. The molecule has 4 N–H and O–H groups in total. The van der Waals surface area contributed by atoms with Gasteiger partial charge in [0.2, 0.25) is 0 Å². The number of piperazine rings is 1. The molecule has 0 aromatic carbocycles. The molecule has 0 saturated carbocycles. The topological polar surface area (TPSA) is 225 Å². The first-order valence-electron chi connectivity index (χ1n) is 31.4. The van der Waals surface area contributed by atoms with E-state index in [1.807, 2.05) is 35.4 Å². The number of aliphatic hydroxyl groups excluding tert-OH is 4. The highest BCUT2D eigenvalue weighted by molar-refractivity contribution is 8.76. The number of rotatable bonds is 56. The van der Waals surface area contributed by atoms with Gasteiger partial charge in [-0.05, 0) is 109 Å². The predicted octanol–water partition coefficient (Wildman–Crippen LogP) is 8.75. The van der Waals surface area contributed by atoms with Crippen LogP contribution in [0.25, 0.3) is 0 Å². The molecule has 0 bridgehead atoms. The molecule has 0 spiro atoms. The summed E-state index contributed by atoms with van der Waals surface area (Å²) in [6, 6.07) is 0. The minimum absolute atomic E-state index is 0.180. The fourth-order valence-electron chi connectivity index (χ4n) is 9.11. The average Bonchev–Trinajstić information content (AvgIpc) is 3.43. The first-order valence-corrected chi connectivity index (χ1v) is 33.9. The molecule has 1 rings (SSSR count). The third kappa shape index (κ3) is 47.1. The molecule has 80 heavy (non-hydrogen) atoms. The zero-order valence-electron chi connectivity index (χ0n) is 50.5. The first kappa shape index (κ1) is 75.7. The van der Waals surface area contributed by atoms with E-state index < -0.39 is 24.4 Å². The van der Waals surface area contributed by atoms with Gasteiger partial charge in [0.25, 0.3) is 0 Å².